The Hall–Kier alpha value is -1.82. The summed E-state index contributed by atoms with van der Waals surface area (Å²) in [6.45, 7) is 2.59. The molecule has 0 bridgehead atoms. The normalized spacial score (nSPS) is 12.7. The van der Waals surface area contributed by atoms with Crippen LogP contribution in [0.25, 0.3) is 0 Å². The van der Waals surface area contributed by atoms with E-state index in [9.17, 15) is 13.2 Å². The molecule has 0 fully saturated rings. The van der Waals surface area contributed by atoms with Crippen molar-refractivity contribution in [3.8, 4) is 0 Å². The van der Waals surface area contributed by atoms with E-state index in [0.29, 0.717) is 12.1 Å². The molecule has 0 saturated carbocycles. The highest BCUT2D eigenvalue weighted by Crippen LogP contribution is 2.26. The molecule has 20 heavy (non-hydrogen) atoms. The third-order valence-corrected chi connectivity index (χ3v) is 3.03. The maximum atomic E-state index is 14.0. The van der Waals surface area contributed by atoms with E-state index >= 15 is 0 Å². The molecule has 0 aliphatic carbocycles. The number of hydrogen-bond acceptors (Lipinski definition) is 2. The smallest absolute Gasteiger partial charge is 0.194 e. The second kappa shape index (κ2) is 6.09. The average molecular weight is 283 g/mol. The minimum Gasteiger partial charge on any atom is -0.306 e. The second-order valence-corrected chi connectivity index (χ2v) is 4.60. The van der Waals surface area contributed by atoms with E-state index in [1.165, 1.54) is 6.07 Å². The van der Waals surface area contributed by atoms with Gasteiger partial charge in [0, 0.05) is 24.4 Å². The van der Waals surface area contributed by atoms with Gasteiger partial charge in [0.25, 0.3) is 0 Å². The first-order valence-electron chi connectivity index (χ1n) is 6.40. The summed E-state index contributed by atoms with van der Waals surface area (Å²) in [6, 6.07) is 1.64. The lowest BCUT2D eigenvalue weighted by atomic mass is 10.0. The minimum atomic E-state index is -1.45. The van der Waals surface area contributed by atoms with Crippen molar-refractivity contribution in [1.82, 2.24) is 15.1 Å². The molecule has 2 rings (SSSR count). The van der Waals surface area contributed by atoms with Gasteiger partial charge in [0.1, 0.15) is 0 Å². The van der Waals surface area contributed by atoms with Crippen LogP contribution in [0.4, 0.5) is 13.2 Å². The van der Waals surface area contributed by atoms with Gasteiger partial charge < -0.3 is 5.32 Å². The Balaban J connectivity index is 2.43. The Morgan fingerprint density at radius 3 is 2.60 bits per heavy atom. The van der Waals surface area contributed by atoms with Crippen LogP contribution in [0.3, 0.4) is 0 Å². The SMILES string of the molecule is CCCNC(c1cnn(C)c1)c1ccc(F)c(F)c1F. The fourth-order valence-corrected chi connectivity index (χ4v) is 2.05. The van der Waals surface area contributed by atoms with Crippen molar-refractivity contribution in [2.45, 2.75) is 19.4 Å². The van der Waals surface area contributed by atoms with Crippen molar-refractivity contribution in [3.63, 3.8) is 0 Å². The number of aryl methyl sites for hydroxylation is 1. The van der Waals surface area contributed by atoms with Crippen LogP contribution in [-0.2, 0) is 7.05 Å². The zero-order valence-corrected chi connectivity index (χ0v) is 11.3. The monoisotopic (exact) mass is 283 g/mol. The van der Waals surface area contributed by atoms with Crippen molar-refractivity contribution in [2.24, 2.45) is 7.05 Å². The molecule has 0 radical (unpaired) electrons. The van der Waals surface area contributed by atoms with Crippen LogP contribution >= 0.6 is 0 Å². The summed E-state index contributed by atoms with van der Waals surface area (Å²) in [5, 5.41) is 7.15. The molecular weight excluding hydrogens is 267 g/mol. The Kier molecular flexibility index (Phi) is 4.44. The van der Waals surface area contributed by atoms with Crippen LogP contribution in [0.2, 0.25) is 0 Å². The maximum absolute atomic E-state index is 14.0. The Labute approximate surface area is 115 Å². The standard InChI is InChI=1S/C14H16F3N3/c1-3-6-18-14(9-7-19-20(2)8-9)10-4-5-11(15)13(17)12(10)16/h4-5,7-8,14,18H,3,6H2,1-2H3. The summed E-state index contributed by atoms with van der Waals surface area (Å²) in [5.41, 5.74) is 0.774. The first-order valence-corrected chi connectivity index (χ1v) is 6.40. The van der Waals surface area contributed by atoms with Gasteiger partial charge in [-0.05, 0) is 19.0 Å². The van der Waals surface area contributed by atoms with Gasteiger partial charge in [0.15, 0.2) is 17.5 Å². The summed E-state index contributed by atoms with van der Waals surface area (Å²) < 4.78 is 42.0. The fraction of sp³-hybridized carbons (Fsp3) is 0.357. The largest absolute Gasteiger partial charge is 0.306 e. The van der Waals surface area contributed by atoms with Crippen LogP contribution in [0.1, 0.15) is 30.5 Å². The van der Waals surface area contributed by atoms with Gasteiger partial charge in [-0.15, -0.1) is 0 Å². The molecule has 1 atom stereocenters. The third-order valence-electron chi connectivity index (χ3n) is 3.03. The molecule has 0 aliphatic rings. The number of aromatic nitrogens is 2. The van der Waals surface area contributed by atoms with E-state index in [0.717, 1.165) is 12.5 Å². The minimum absolute atomic E-state index is 0.0744. The highest BCUT2D eigenvalue weighted by atomic mass is 19.2. The van der Waals surface area contributed by atoms with Crippen LogP contribution < -0.4 is 5.32 Å². The molecule has 2 aromatic rings. The fourth-order valence-electron chi connectivity index (χ4n) is 2.05. The van der Waals surface area contributed by atoms with Gasteiger partial charge in [-0.3, -0.25) is 4.68 Å². The summed E-state index contributed by atoms with van der Waals surface area (Å²) in [7, 11) is 1.74. The second-order valence-electron chi connectivity index (χ2n) is 4.60. The number of nitrogens with one attached hydrogen (secondary N) is 1. The van der Waals surface area contributed by atoms with Gasteiger partial charge in [-0.2, -0.15) is 5.10 Å². The molecule has 3 nitrogen and oxygen atoms in total. The zero-order chi connectivity index (χ0) is 14.7. The molecule has 0 spiro atoms. The topological polar surface area (TPSA) is 29.9 Å². The number of rotatable bonds is 5. The van der Waals surface area contributed by atoms with Crippen molar-refractivity contribution in [3.05, 3.63) is 53.1 Å². The van der Waals surface area contributed by atoms with E-state index in [4.69, 9.17) is 0 Å². The van der Waals surface area contributed by atoms with E-state index in [1.54, 1.807) is 24.1 Å². The first-order chi connectivity index (χ1) is 9.54. The molecule has 1 aromatic carbocycles. The summed E-state index contributed by atoms with van der Waals surface area (Å²) in [5.74, 6) is -3.80. The summed E-state index contributed by atoms with van der Waals surface area (Å²) >= 11 is 0. The molecule has 108 valence electrons. The quantitative estimate of drug-likeness (QED) is 0.855. The summed E-state index contributed by atoms with van der Waals surface area (Å²) in [6.07, 6.45) is 4.13. The Morgan fingerprint density at radius 2 is 2.00 bits per heavy atom. The molecule has 6 heteroatoms. The van der Waals surface area contributed by atoms with Gasteiger partial charge >= 0.3 is 0 Å². The third kappa shape index (κ3) is 2.85. The number of halogens is 3. The molecule has 1 unspecified atom stereocenters. The molecule has 1 N–H and O–H groups in total. The average Bonchev–Trinajstić information content (AvgIpc) is 2.85. The highest BCUT2D eigenvalue weighted by Gasteiger charge is 2.22. The van der Waals surface area contributed by atoms with Crippen LogP contribution in [0.5, 0.6) is 0 Å². The van der Waals surface area contributed by atoms with Crippen molar-refractivity contribution >= 4 is 0 Å². The lowest BCUT2D eigenvalue weighted by molar-refractivity contribution is 0.432. The summed E-state index contributed by atoms with van der Waals surface area (Å²) in [4.78, 5) is 0. The Bertz CT molecular complexity index is 595. The maximum Gasteiger partial charge on any atom is 0.194 e. The van der Waals surface area contributed by atoms with Crippen LogP contribution in [-0.4, -0.2) is 16.3 Å². The molecule has 0 saturated heterocycles. The number of nitrogens with zero attached hydrogens (tertiary/aromatic N) is 2. The van der Waals surface area contributed by atoms with Gasteiger partial charge in [-0.25, -0.2) is 13.2 Å². The van der Waals surface area contributed by atoms with Crippen molar-refractivity contribution in [1.29, 1.82) is 0 Å². The van der Waals surface area contributed by atoms with Crippen LogP contribution in [0, 0.1) is 17.5 Å². The zero-order valence-electron chi connectivity index (χ0n) is 11.3. The molecule has 0 amide bonds. The van der Waals surface area contributed by atoms with E-state index in [2.05, 4.69) is 10.4 Å². The van der Waals surface area contributed by atoms with E-state index < -0.39 is 23.5 Å². The lowest BCUT2D eigenvalue weighted by Crippen LogP contribution is -2.24. The number of benzene rings is 1. The molecule has 1 heterocycles. The van der Waals surface area contributed by atoms with Crippen molar-refractivity contribution in [2.75, 3.05) is 6.54 Å². The van der Waals surface area contributed by atoms with Crippen molar-refractivity contribution < 1.29 is 13.2 Å². The molecule has 0 aliphatic heterocycles. The van der Waals surface area contributed by atoms with Crippen LogP contribution in [0.15, 0.2) is 24.5 Å². The molecular formula is C14H16F3N3. The van der Waals surface area contributed by atoms with E-state index in [1.807, 2.05) is 6.92 Å². The number of hydrogen-bond donors (Lipinski definition) is 1. The lowest BCUT2D eigenvalue weighted by Gasteiger charge is -2.18. The van der Waals surface area contributed by atoms with Gasteiger partial charge in [0.2, 0.25) is 0 Å². The predicted octanol–water partition coefficient (Wildman–Crippen LogP) is 2.93. The molecule has 1 aromatic heterocycles. The Morgan fingerprint density at radius 1 is 1.25 bits per heavy atom. The van der Waals surface area contributed by atoms with Gasteiger partial charge in [0.05, 0.1) is 12.2 Å². The first kappa shape index (κ1) is 14.6. The van der Waals surface area contributed by atoms with Gasteiger partial charge in [-0.1, -0.05) is 13.0 Å². The van der Waals surface area contributed by atoms with E-state index in [-0.39, 0.29) is 5.56 Å². The predicted molar refractivity (Wildman–Crippen MR) is 69.7 cm³/mol. The highest BCUT2D eigenvalue weighted by molar-refractivity contribution is 5.31.